The van der Waals surface area contributed by atoms with Crippen LogP contribution in [-0.2, 0) is 0 Å². The van der Waals surface area contributed by atoms with E-state index in [9.17, 15) is 10.2 Å². The minimum Gasteiger partial charge on any atom is -0.393 e. The van der Waals surface area contributed by atoms with Gasteiger partial charge in [0, 0.05) is 0 Å². The van der Waals surface area contributed by atoms with Crippen molar-refractivity contribution in [1.29, 1.82) is 0 Å². The van der Waals surface area contributed by atoms with Crippen molar-refractivity contribution < 1.29 is 15.3 Å². The molecule has 0 spiro atoms. The Kier molecular flexibility index (Phi) is 10.0. The van der Waals surface area contributed by atoms with Crippen LogP contribution in [0.3, 0.4) is 0 Å². The first-order valence-electron chi connectivity index (χ1n) is 13.3. The van der Waals surface area contributed by atoms with Crippen molar-refractivity contribution in [2.75, 3.05) is 6.61 Å². The molecule has 33 heavy (non-hydrogen) atoms. The van der Waals surface area contributed by atoms with Gasteiger partial charge >= 0.3 is 0 Å². The van der Waals surface area contributed by atoms with Gasteiger partial charge < -0.3 is 15.3 Å². The zero-order valence-electron chi connectivity index (χ0n) is 22.6. The van der Waals surface area contributed by atoms with Crippen LogP contribution in [0.4, 0.5) is 0 Å². The van der Waals surface area contributed by atoms with Crippen LogP contribution in [0.15, 0.2) is 34.9 Å². The number of fused-ring (bicyclic) bond motifs is 1. The predicted molar refractivity (Wildman–Crippen MR) is 140 cm³/mol. The number of hydrogen-bond acceptors (Lipinski definition) is 3. The van der Waals surface area contributed by atoms with Crippen molar-refractivity contribution in [2.24, 2.45) is 22.7 Å². The molecule has 0 aromatic rings. The molecular weight excluding hydrogens is 408 g/mol. The molecule has 0 heterocycles. The van der Waals surface area contributed by atoms with E-state index in [4.69, 9.17) is 5.11 Å². The van der Waals surface area contributed by atoms with Gasteiger partial charge in [-0.15, -0.1) is 0 Å². The molecule has 0 saturated heterocycles. The number of aliphatic hydroxyl groups excluding tert-OH is 2. The van der Waals surface area contributed by atoms with Gasteiger partial charge in [0.1, 0.15) is 0 Å². The Morgan fingerprint density at radius 3 is 1.94 bits per heavy atom. The fourth-order valence-electron chi connectivity index (χ4n) is 7.01. The largest absolute Gasteiger partial charge is 0.393 e. The van der Waals surface area contributed by atoms with Crippen molar-refractivity contribution in [2.45, 2.75) is 124 Å². The van der Waals surface area contributed by atoms with Gasteiger partial charge in [0.2, 0.25) is 0 Å². The van der Waals surface area contributed by atoms with Crippen LogP contribution in [0.5, 0.6) is 0 Å². The molecule has 0 bridgehead atoms. The summed E-state index contributed by atoms with van der Waals surface area (Å²) in [6.07, 6.45) is 16.6. The van der Waals surface area contributed by atoms with Gasteiger partial charge in [-0.3, -0.25) is 0 Å². The van der Waals surface area contributed by atoms with Gasteiger partial charge in [0.15, 0.2) is 0 Å². The molecule has 3 nitrogen and oxygen atoms in total. The average Bonchev–Trinajstić information content (AvgIpc) is 2.72. The molecule has 0 aromatic carbocycles. The molecule has 0 aliphatic heterocycles. The van der Waals surface area contributed by atoms with E-state index in [1.165, 1.54) is 11.1 Å². The number of rotatable bonds is 10. The minimum atomic E-state index is -0.617. The van der Waals surface area contributed by atoms with Gasteiger partial charge in [-0.2, -0.15) is 0 Å². The van der Waals surface area contributed by atoms with E-state index in [2.05, 4.69) is 59.8 Å². The van der Waals surface area contributed by atoms with Gasteiger partial charge in [-0.05, 0) is 115 Å². The standard InChI is InChI=1S/C30H52O3/c1-22(13-9-15-24(3)21-31)11-8-12-23(2)14-10-16-26-29(6)19-18-27(32)28(4,5)25(29)17-20-30(26,7)33/h11,14-15,25-27,31-33H,8-10,12-13,16-21H2,1-7H3. The Bertz CT molecular complexity index is 727. The Morgan fingerprint density at radius 1 is 0.818 bits per heavy atom. The smallest absolute Gasteiger partial charge is 0.0653 e. The van der Waals surface area contributed by atoms with Crippen LogP contribution in [0.1, 0.15) is 113 Å². The maximum Gasteiger partial charge on any atom is 0.0653 e. The molecule has 3 heteroatoms. The van der Waals surface area contributed by atoms with Gasteiger partial charge in [-0.25, -0.2) is 0 Å². The molecular formula is C30H52O3. The van der Waals surface area contributed by atoms with Gasteiger partial charge in [0.25, 0.3) is 0 Å². The molecule has 2 aliphatic rings. The normalized spacial score (nSPS) is 35.5. The quantitative estimate of drug-likeness (QED) is 0.304. The molecule has 5 unspecified atom stereocenters. The monoisotopic (exact) mass is 460 g/mol. The van der Waals surface area contributed by atoms with Crippen molar-refractivity contribution >= 4 is 0 Å². The van der Waals surface area contributed by atoms with E-state index in [-0.39, 0.29) is 29.5 Å². The van der Waals surface area contributed by atoms with Crippen LogP contribution in [0.25, 0.3) is 0 Å². The molecule has 0 radical (unpaired) electrons. The van der Waals surface area contributed by atoms with E-state index >= 15 is 0 Å². The van der Waals surface area contributed by atoms with E-state index in [0.29, 0.717) is 5.92 Å². The summed E-state index contributed by atoms with van der Waals surface area (Å²) >= 11 is 0. The number of aliphatic hydroxyl groups is 3. The van der Waals surface area contributed by atoms with E-state index in [1.54, 1.807) is 0 Å². The summed E-state index contributed by atoms with van der Waals surface area (Å²) in [6, 6.07) is 0. The highest BCUT2D eigenvalue weighted by Crippen LogP contribution is 2.62. The van der Waals surface area contributed by atoms with Crippen LogP contribution >= 0.6 is 0 Å². The lowest BCUT2D eigenvalue weighted by atomic mass is 9.44. The summed E-state index contributed by atoms with van der Waals surface area (Å²) in [4.78, 5) is 0. The van der Waals surface area contributed by atoms with E-state index in [1.807, 2.05) is 6.92 Å². The minimum absolute atomic E-state index is 0.0791. The topological polar surface area (TPSA) is 60.7 Å². The number of allylic oxidation sites excluding steroid dienone is 5. The Balaban J connectivity index is 1.92. The van der Waals surface area contributed by atoms with Gasteiger partial charge in [-0.1, -0.05) is 55.7 Å². The predicted octanol–water partition coefficient (Wildman–Crippen LogP) is 7.12. The first-order chi connectivity index (χ1) is 15.3. The SMILES string of the molecule is CC(=CCCC(C)=CCCC(C)=CCCC1C(C)(O)CCC2C(C)(C)C(O)CCC12C)CO. The third kappa shape index (κ3) is 7.05. The van der Waals surface area contributed by atoms with Crippen molar-refractivity contribution in [3.8, 4) is 0 Å². The third-order valence-electron chi connectivity index (χ3n) is 9.26. The average molecular weight is 461 g/mol. The Morgan fingerprint density at radius 2 is 1.36 bits per heavy atom. The summed E-state index contributed by atoms with van der Waals surface area (Å²) < 4.78 is 0. The van der Waals surface area contributed by atoms with Gasteiger partial charge in [0.05, 0.1) is 18.3 Å². The molecule has 2 fully saturated rings. The maximum atomic E-state index is 11.4. The lowest BCUT2D eigenvalue weighted by molar-refractivity contribution is -0.195. The lowest BCUT2D eigenvalue weighted by Crippen LogP contribution is -2.60. The Labute approximate surface area is 204 Å². The maximum absolute atomic E-state index is 11.4. The second kappa shape index (κ2) is 11.7. The fraction of sp³-hybridized carbons (Fsp3) is 0.800. The second-order valence-electron chi connectivity index (χ2n) is 12.3. The summed E-state index contributed by atoms with van der Waals surface area (Å²) in [5.74, 6) is 0.741. The van der Waals surface area contributed by atoms with E-state index < -0.39 is 5.60 Å². The molecule has 0 aromatic heterocycles. The zero-order chi connectivity index (χ0) is 24.9. The van der Waals surface area contributed by atoms with Crippen molar-refractivity contribution in [3.63, 3.8) is 0 Å². The molecule has 2 saturated carbocycles. The molecule has 2 rings (SSSR count). The highest BCUT2D eigenvalue weighted by molar-refractivity contribution is 5.11. The second-order valence-corrected chi connectivity index (χ2v) is 12.3. The zero-order valence-corrected chi connectivity index (χ0v) is 22.6. The highest BCUT2D eigenvalue weighted by Gasteiger charge is 2.59. The van der Waals surface area contributed by atoms with Crippen molar-refractivity contribution in [3.05, 3.63) is 34.9 Å². The molecule has 0 amide bonds. The van der Waals surface area contributed by atoms with Crippen LogP contribution < -0.4 is 0 Å². The van der Waals surface area contributed by atoms with E-state index in [0.717, 1.165) is 69.8 Å². The third-order valence-corrected chi connectivity index (χ3v) is 9.26. The molecule has 3 N–H and O–H groups in total. The molecule has 190 valence electrons. The summed E-state index contributed by atoms with van der Waals surface area (Å²) in [7, 11) is 0. The van der Waals surface area contributed by atoms with Crippen LogP contribution in [0, 0.1) is 22.7 Å². The highest BCUT2D eigenvalue weighted by atomic mass is 16.3. The lowest BCUT2D eigenvalue weighted by Gasteiger charge is -2.62. The number of hydrogen-bond donors (Lipinski definition) is 3. The fourth-order valence-corrected chi connectivity index (χ4v) is 7.01. The van der Waals surface area contributed by atoms with Crippen LogP contribution in [0.2, 0.25) is 0 Å². The first kappa shape index (κ1) is 28.3. The molecule has 5 atom stereocenters. The summed E-state index contributed by atoms with van der Waals surface area (Å²) in [5.41, 5.74) is 3.30. The first-order valence-corrected chi connectivity index (χ1v) is 13.3. The van der Waals surface area contributed by atoms with Crippen LogP contribution in [-0.4, -0.2) is 33.6 Å². The summed E-state index contributed by atoms with van der Waals surface area (Å²) in [5, 5.41) is 31.1. The Hall–Kier alpha value is -0.900. The molecule has 2 aliphatic carbocycles. The van der Waals surface area contributed by atoms with Crippen molar-refractivity contribution in [1.82, 2.24) is 0 Å². The summed E-state index contributed by atoms with van der Waals surface area (Å²) in [6.45, 7) is 15.5.